The third-order valence-electron chi connectivity index (χ3n) is 5.60. The highest BCUT2D eigenvalue weighted by atomic mass is 16.6. The molecule has 0 saturated heterocycles. The number of hydrogen-bond donors (Lipinski definition) is 1. The molecule has 1 unspecified atom stereocenters. The van der Waals surface area contributed by atoms with Gasteiger partial charge in [-0.2, -0.15) is 0 Å². The van der Waals surface area contributed by atoms with Gasteiger partial charge in [0.05, 0.1) is 27.9 Å². The minimum atomic E-state index is -1.52. The highest BCUT2D eigenvalue weighted by Gasteiger charge is 2.48. The standard InChI is InChI=1S/C27H36N2O7/c1-26(2,3)36-25(32)29(13-14-30)27(24(31)28-4,17-19-11-9-8-10-12-19)18-20-15-21(33-5)23(35-7)22(16-20)34-6/h8-12,14-16H,13,17-18H2,1-7H3,(H,28,31). The Morgan fingerprint density at radius 2 is 1.47 bits per heavy atom. The molecule has 0 aliphatic rings. The Morgan fingerprint density at radius 1 is 0.917 bits per heavy atom. The second-order valence-electron chi connectivity index (χ2n) is 9.24. The number of carbonyl (C=O) groups excluding carboxylic acids is 3. The van der Waals surface area contributed by atoms with Gasteiger partial charge in [-0.05, 0) is 44.0 Å². The molecule has 0 fully saturated rings. The largest absolute Gasteiger partial charge is 0.493 e. The number of hydrogen-bond acceptors (Lipinski definition) is 7. The van der Waals surface area contributed by atoms with Crippen molar-refractivity contribution in [2.45, 2.75) is 44.8 Å². The van der Waals surface area contributed by atoms with E-state index in [2.05, 4.69) is 5.32 Å². The molecule has 1 atom stereocenters. The van der Waals surface area contributed by atoms with Crippen LogP contribution in [0.5, 0.6) is 17.2 Å². The number of nitrogens with one attached hydrogen (secondary N) is 1. The van der Waals surface area contributed by atoms with Crippen LogP contribution in [0.3, 0.4) is 0 Å². The van der Waals surface area contributed by atoms with E-state index in [9.17, 15) is 14.4 Å². The SMILES string of the molecule is CNC(=O)C(Cc1ccccc1)(Cc1cc(OC)c(OC)c(OC)c1)N(CC=O)C(=O)OC(C)(C)C. The van der Waals surface area contributed by atoms with Crippen molar-refractivity contribution in [2.24, 2.45) is 0 Å². The molecule has 0 aliphatic carbocycles. The molecular weight excluding hydrogens is 464 g/mol. The average molecular weight is 501 g/mol. The van der Waals surface area contributed by atoms with Crippen LogP contribution in [0.4, 0.5) is 4.79 Å². The van der Waals surface area contributed by atoms with Gasteiger partial charge in [0.2, 0.25) is 11.7 Å². The third-order valence-corrected chi connectivity index (χ3v) is 5.60. The molecule has 196 valence electrons. The smallest absolute Gasteiger partial charge is 0.411 e. The third kappa shape index (κ3) is 6.68. The molecule has 0 radical (unpaired) electrons. The minimum absolute atomic E-state index is 0.0331. The quantitative estimate of drug-likeness (QED) is 0.472. The summed E-state index contributed by atoms with van der Waals surface area (Å²) in [6.07, 6.45) is -0.0358. The number of likely N-dealkylation sites (N-methyl/N-ethyl adjacent to an activating group) is 1. The fraction of sp³-hybridized carbons (Fsp3) is 0.444. The Balaban J connectivity index is 2.78. The number of rotatable bonds is 11. The van der Waals surface area contributed by atoms with Crippen molar-refractivity contribution in [3.63, 3.8) is 0 Å². The molecule has 1 N–H and O–H groups in total. The van der Waals surface area contributed by atoms with E-state index in [0.717, 1.165) is 5.56 Å². The fourth-order valence-corrected chi connectivity index (χ4v) is 4.09. The van der Waals surface area contributed by atoms with Crippen LogP contribution in [0, 0.1) is 0 Å². The monoisotopic (exact) mass is 500 g/mol. The van der Waals surface area contributed by atoms with E-state index in [4.69, 9.17) is 18.9 Å². The van der Waals surface area contributed by atoms with Gasteiger partial charge in [0, 0.05) is 19.9 Å². The number of nitrogens with zero attached hydrogens (tertiary/aromatic N) is 1. The van der Waals surface area contributed by atoms with E-state index < -0.39 is 23.1 Å². The van der Waals surface area contributed by atoms with Crippen LogP contribution < -0.4 is 19.5 Å². The Kier molecular flexibility index (Phi) is 9.72. The summed E-state index contributed by atoms with van der Waals surface area (Å²) in [6, 6.07) is 12.7. The van der Waals surface area contributed by atoms with E-state index in [1.54, 1.807) is 32.9 Å². The number of aldehydes is 1. The zero-order chi connectivity index (χ0) is 26.9. The van der Waals surface area contributed by atoms with Crippen LogP contribution in [-0.2, 0) is 27.2 Å². The second kappa shape index (κ2) is 12.3. The van der Waals surface area contributed by atoms with Gasteiger partial charge in [-0.15, -0.1) is 0 Å². The van der Waals surface area contributed by atoms with Crippen molar-refractivity contribution in [2.75, 3.05) is 34.9 Å². The number of methoxy groups -OCH3 is 3. The Bertz CT molecular complexity index is 1020. The molecule has 0 bridgehead atoms. The predicted molar refractivity (Wildman–Crippen MR) is 136 cm³/mol. The van der Waals surface area contributed by atoms with E-state index in [1.807, 2.05) is 30.3 Å². The molecule has 0 saturated carbocycles. The zero-order valence-electron chi connectivity index (χ0n) is 22.0. The van der Waals surface area contributed by atoms with Gasteiger partial charge < -0.3 is 29.1 Å². The van der Waals surface area contributed by atoms with Crippen LogP contribution in [0.25, 0.3) is 0 Å². The summed E-state index contributed by atoms with van der Waals surface area (Å²) in [5, 5.41) is 2.69. The molecule has 2 amide bonds. The lowest BCUT2D eigenvalue weighted by Gasteiger charge is -2.42. The number of ether oxygens (including phenoxy) is 4. The molecular formula is C27H36N2O7. The number of amides is 2. The summed E-state index contributed by atoms with van der Waals surface area (Å²) in [5.74, 6) is 0.746. The van der Waals surface area contributed by atoms with Crippen LogP contribution in [0.1, 0.15) is 31.9 Å². The summed E-state index contributed by atoms with van der Waals surface area (Å²) in [5.41, 5.74) is -0.938. The first-order valence-corrected chi connectivity index (χ1v) is 11.5. The molecule has 2 aromatic rings. The zero-order valence-corrected chi connectivity index (χ0v) is 22.0. The van der Waals surface area contributed by atoms with Gasteiger partial charge in [-0.1, -0.05) is 30.3 Å². The van der Waals surface area contributed by atoms with Gasteiger partial charge in [-0.25, -0.2) is 4.79 Å². The van der Waals surface area contributed by atoms with Crippen LogP contribution in [-0.4, -0.2) is 69.2 Å². The van der Waals surface area contributed by atoms with Crippen LogP contribution in [0.15, 0.2) is 42.5 Å². The van der Waals surface area contributed by atoms with Crippen molar-refractivity contribution in [1.82, 2.24) is 10.2 Å². The van der Waals surface area contributed by atoms with Crippen molar-refractivity contribution < 1.29 is 33.3 Å². The van der Waals surface area contributed by atoms with Gasteiger partial charge in [0.25, 0.3) is 0 Å². The molecule has 9 nitrogen and oxygen atoms in total. The molecule has 36 heavy (non-hydrogen) atoms. The van der Waals surface area contributed by atoms with Crippen molar-refractivity contribution in [1.29, 1.82) is 0 Å². The topological polar surface area (TPSA) is 103 Å². The van der Waals surface area contributed by atoms with E-state index in [1.165, 1.54) is 33.3 Å². The van der Waals surface area contributed by atoms with Gasteiger partial charge >= 0.3 is 6.09 Å². The van der Waals surface area contributed by atoms with Gasteiger partial charge in [0.1, 0.15) is 17.4 Å². The summed E-state index contributed by atoms with van der Waals surface area (Å²) < 4.78 is 22.0. The number of benzene rings is 2. The van der Waals surface area contributed by atoms with E-state index in [-0.39, 0.29) is 19.4 Å². The van der Waals surface area contributed by atoms with Crippen molar-refractivity contribution in [3.8, 4) is 17.2 Å². The maximum atomic E-state index is 13.7. The first-order chi connectivity index (χ1) is 17.0. The summed E-state index contributed by atoms with van der Waals surface area (Å²) in [6.45, 7) is 4.82. The summed E-state index contributed by atoms with van der Waals surface area (Å²) in [4.78, 5) is 40.1. The molecule has 0 aromatic heterocycles. The van der Waals surface area contributed by atoms with Crippen molar-refractivity contribution in [3.05, 3.63) is 53.6 Å². The molecule has 2 rings (SSSR count). The lowest BCUT2D eigenvalue weighted by Crippen LogP contribution is -2.64. The number of carbonyl (C=O) groups is 3. The average Bonchev–Trinajstić information content (AvgIpc) is 2.85. The lowest BCUT2D eigenvalue weighted by atomic mass is 9.81. The Morgan fingerprint density at radius 3 is 1.92 bits per heavy atom. The Labute approximate surface area is 212 Å². The second-order valence-corrected chi connectivity index (χ2v) is 9.24. The van der Waals surface area contributed by atoms with Crippen LogP contribution >= 0.6 is 0 Å². The minimum Gasteiger partial charge on any atom is -0.493 e. The molecule has 0 aliphatic heterocycles. The molecule has 9 heteroatoms. The van der Waals surface area contributed by atoms with Gasteiger partial charge in [-0.3, -0.25) is 9.69 Å². The maximum absolute atomic E-state index is 13.7. The molecule has 0 heterocycles. The van der Waals surface area contributed by atoms with E-state index >= 15 is 0 Å². The highest BCUT2D eigenvalue weighted by molar-refractivity contribution is 5.91. The highest BCUT2D eigenvalue weighted by Crippen LogP contribution is 2.40. The summed E-state index contributed by atoms with van der Waals surface area (Å²) in [7, 11) is 5.98. The predicted octanol–water partition coefficient (Wildman–Crippen LogP) is 3.42. The Hall–Kier alpha value is -3.75. The maximum Gasteiger partial charge on any atom is 0.411 e. The van der Waals surface area contributed by atoms with Gasteiger partial charge in [0.15, 0.2) is 11.5 Å². The molecule has 0 spiro atoms. The van der Waals surface area contributed by atoms with Crippen molar-refractivity contribution >= 4 is 18.3 Å². The van der Waals surface area contributed by atoms with Crippen LogP contribution in [0.2, 0.25) is 0 Å². The fourth-order valence-electron chi connectivity index (χ4n) is 4.09. The molecule has 2 aromatic carbocycles. The lowest BCUT2D eigenvalue weighted by molar-refractivity contribution is -0.134. The van der Waals surface area contributed by atoms with E-state index in [0.29, 0.717) is 29.1 Å². The normalized spacial score (nSPS) is 12.6. The summed E-state index contributed by atoms with van der Waals surface area (Å²) >= 11 is 0. The first-order valence-electron chi connectivity index (χ1n) is 11.5. The first kappa shape index (κ1) is 28.5.